The zero-order valence-corrected chi connectivity index (χ0v) is 9.78. The van der Waals surface area contributed by atoms with Crippen LogP contribution in [0.3, 0.4) is 0 Å². The molecule has 0 aromatic carbocycles. The largest absolute Gasteiger partial charge is 0.0882 e. The minimum Gasteiger partial charge on any atom is -0.0882 e. The lowest BCUT2D eigenvalue weighted by Crippen LogP contribution is -1.92. The van der Waals surface area contributed by atoms with Crippen LogP contribution in [0.4, 0.5) is 0 Å². The van der Waals surface area contributed by atoms with Crippen molar-refractivity contribution in [1.82, 2.24) is 0 Å². The van der Waals surface area contributed by atoms with E-state index in [0.29, 0.717) is 0 Å². The van der Waals surface area contributed by atoms with Crippen LogP contribution in [0.1, 0.15) is 38.5 Å². The summed E-state index contributed by atoms with van der Waals surface area (Å²) in [6.45, 7) is 0. The van der Waals surface area contributed by atoms with Crippen LogP contribution in [-0.2, 0) is 0 Å². The van der Waals surface area contributed by atoms with Crippen molar-refractivity contribution in [3.63, 3.8) is 0 Å². The summed E-state index contributed by atoms with van der Waals surface area (Å²) in [5.41, 5.74) is 2.80. The van der Waals surface area contributed by atoms with Gasteiger partial charge in [-0.2, -0.15) is 0 Å². The van der Waals surface area contributed by atoms with Gasteiger partial charge < -0.3 is 0 Å². The first kappa shape index (κ1) is 11.2. The van der Waals surface area contributed by atoms with Crippen LogP contribution < -0.4 is 0 Å². The van der Waals surface area contributed by atoms with Crippen LogP contribution in [0.5, 0.6) is 0 Å². The van der Waals surface area contributed by atoms with Gasteiger partial charge in [-0.25, -0.2) is 0 Å². The molecule has 0 bridgehead atoms. The summed E-state index contributed by atoms with van der Waals surface area (Å²) in [5, 5.41) is 0. The summed E-state index contributed by atoms with van der Waals surface area (Å²) in [5.74, 6) is 0. The van der Waals surface area contributed by atoms with Gasteiger partial charge in [0.1, 0.15) is 0 Å². The molecule has 0 aliphatic heterocycles. The van der Waals surface area contributed by atoms with Gasteiger partial charge in [-0.15, -0.1) is 0 Å². The molecule has 2 rings (SSSR count). The van der Waals surface area contributed by atoms with E-state index < -0.39 is 0 Å². The maximum Gasteiger partial charge on any atom is -0.0163 e. The Labute approximate surface area is 98.8 Å². The van der Waals surface area contributed by atoms with Crippen molar-refractivity contribution < 1.29 is 0 Å². The first-order valence-corrected chi connectivity index (χ1v) is 6.25. The van der Waals surface area contributed by atoms with Gasteiger partial charge in [0.25, 0.3) is 0 Å². The van der Waals surface area contributed by atoms with Crippen molar-refractivity contribution in [1.29, 1.82) is 0 Å². The second-order valence-corrected chi connectivity index (χ2v) is 4.25. The quantitative estimate of drug-likeness (QED) is 0.552. The minimum absolute atomic E-state index is 1.04. The Morgan fingerprint density at radius 2 is 2.00 bits per heavy atom. The Bertz CT molecular complexity index is 361. The van der Waals surface area contributed by atoms with Gasteiger partial charge in [-0.05, 0) is 55.7 Å². The summed E-state index contributed by atoms with van der Waals surface area (Å²) in [7, 11) is 0. The minimum atomic E-state index is 1.04. The molecule has 0 fully saturated rings. The van der Waals surface area contributed by atoms with Crippen LogP contribution in [0.25, 0.3) is 0 Å². The van der Waals surface area contributed by atoms with Crippen LogP contribution >= 0.6 is 0 Å². The molecule has 0 N–H and O–H groups in total. The van der Waals surface area contributed by atoms with E-state index in [1.807, 2.05) is 0 Å². The molecule has 0 spiro atoms. The molecule has 0 aromatic rings. The molecule has 0 amide bonds. The second kappa shape index (κ2) is 6.32. The van der Waals surface area contributed by atoms with Crippen LogP contribution in [0, 0.1) is 6.08 Å². The molecule has 0 heteroatoms. The van der Waals surface area contributed by atoms with Gasteiger partial charge in [-0.3, -0.25) is 0 Å². The maximum atomic E-state index is 3.53. The van der Waals surface area contributed by atoms with Crippen molar-refractivity contribution in [2.24, 2.45) is 0 Å². The van der Waals surface area contributed by atoms with Gasteiger partial charge in [-0.1, -0.05) is 42.5 Å². The van der Waals surface area contributed by atoms with Crippen LogP contribution in [0.15, 0.2) is 53.7 Å². The smallest absolute Gasteiger partial charge is 0.0163 e. The molecule has 83 valence electrons. The molecule has 0 unspecified atom stereocenters. The molecule has 16 heavy (non-hydrogen) atoms. The SMILES string of the molecule is [C]1=C(/C2=C\C/C=C\CCC2)\C=C/C=C\CC/1. The van der Waals surface area contributed by atoms with Crippen LogP contribution in [-0.4, -0.2) is 0 Å². The number of rotatable bonds is 1. The van der Waals surface area contributed by atoms with Crippen molar-refractivity contribution in [3.8, 4) is 0 Å². The zero-order chi connectivity index (χ0) is 11.1. The highest BCUT2D eigenvalue weighted by Gasteiger charge is 2.04. The molecular weight excluding hydrogens is 192 g/mol. The third-order valence-electron chi connectivity index (χ3n) is 2.97. The van der Waals surface area contributed by atoms with Crippen molar-refractivity contribution in [2.75, 3.05) is 0 Å². The van der Waals surface area contributed by atoms with E-state index in [1.54, 1.807) is 0 Å². The Balaban J connectivity index is 2.14. The molecule has 1 radical (unpaired) electrons. The Kier molecular flexibility index (Phi) is 4.42. The van der Waals surface area contributed by atoms with Crippen molar-refractivity contribution in [2.45, 2.75) is 38.5 Å². The molecule has 0 saturated heterocycles. The molecule has 0 heterocycles. The van der Waals surface area contributed by atoms with E-state index in [1.165, 1.54) is 30.4 Å². The maximum absolute atomic E-state index is 3.53. The highest BCUT2D eigenvalue weighted by Crippen LogP contribution is 2.22. The Morgan fingerprint density at radius 1 is 1.00 bits per heavy atom. The Morgan fingerprint density at radius 3 is 3.00 bits per heavy atom. The number of hydrogen-bond donors (Lipinski definition) is 0. The first-order chi connectivity index (χ1) is 7.97. The summed E-state index contributed by atoms with van der Waals surface area (Å²) in [6, 6.07) is 0. The van der Waals surface area contributed by atoms with Gasteiger partial charge in [0.05, 0.1) is 0 Å². The highest BCUT2D eigenvalue weighted by molar-refractivity contribution is 5.40. The van der Waals surface area contributed by atoms with Crippen molar-refractivity contribution >= 4 is 0 Å². The first-order valence-electron chi connectivity index (χ1n) is 6.25. The molecule has 0 nitrogen and oxygen atoms in total. The number of hydrogen-bond acceptors (Lipinski definition) is 0. The lowest BCUT2D eigenvalue weighted by molar-refractivity contribution is 0.825. The normalized spacial score (nSPS) is 34.0. The fourth-order valence-corrected chi connectivity index (χ4v) is 2.08. The van der Waals surface area contributed by atoms with E-state index in [4.69, 9.17) is 0 Å². The standard InChI is InChI=1S/C16H19/c1-3-7-11-15(12-8-4-1)16-13-9-5-2-6-10-14-16/h1-3,5,7,11,13H,4,6,8-10,14H2/b3-1-,5-2-,11-7-,15-12?,16-13-. The van der Waals surface area contributed by atoms with Gasteiger partial charge in [0.2, 0.25) is 0 Å². The zero-order valence-electron chi connectivity index (χ0n) is 9.78. The average Bonchev–Trinajstić information content (AvgIpc) is 2.18. The molecule has 2 aliphatic carbocycles. The lowest BCUT2D eigenvalue weighted by Gasteiger charge is -2.10. The van der Waals surface area contributed by atoms with E-state index in [0.717, 1.165) is 19.3 Å². The van der Waals surface area contributed by atoms with E-state index in [-0.39, 0.29) is 0 Å². The summed E-state index contributed by atoms with van der Waals surface area (Å²) < 4.78 is 0. The third-order valence-corrected chi connectivity index (χ3v) is 2.97. The third kappa shape index (κ3) is 3.37. The molecule has 2 aliphatic rings. The molecule has 0 saturated carbocycles. The van der Waals surface area contributed by atoms with E-state index in [2.05, 4.69) is 48.6 Å². The van der Waals surface area contributed by atoms with Gasteiger partial charge in [0.15, 0.2) is 0 Å². The van der Waals surface area contributed by atoms with Crippen molar-refractivity contribution in [3.05, 3.63) is 59.8 Å². The average molecular weight is 211 g/mol. The predicted molar refractivity (Wildman–Crippen MR) is 70.0 cm³/mol. The van der Waals surface area contributed by atoms with Gasteiger partial charge >= 0.3 is 0 Å². The lowest BCUT2D eigenvalue weighted by atomic mass is 9.95. The monoisotopic (exact) mass is 211 g/mol. The second-order valence-electron chi connectivity index (χ2n) is 4.25. The number of allylic oxidation sites excluding steroid dienone is 10. The Hall–Kier alpha value is -1.30. The van der Waals surface area contributed by atoms with Gasteiger partial charge in [0, 0.05) is 0 Å². The molecular formula is C16H19. The topological polar surface area (TPSA) is 0 Å². The fraction of sp³-hybridized carbons (Fsp3) is 0.375. The summed E-state index contributed by atoms with van der Waals surface area (Å²) in [6.07, 6.45) is 26.0. The summed E-state index contributed by atoms with van der Waals surface area (Å²) >= 11 is 0. The molecule has 0 aromatic heterocycles. The van der Waals surface area contributed by atoms with E-state index in [9.17, 15) is 0 Å². The van der Waals surface area contributed by atoms with Crippen LogP contribution in [0.2, 0.25) is 0 Å². The summed E-state index contributed by atoms with van der Waals surface area (Å²) in [4.78, 5) is 0. The van der Waals surface area contributed by atoms with E-state index >= 15 is 0 Å². The highest BCUT2D eigenvalue weighted by atomic mass is 14.1. The predicted octanol–water partition coefficient (Wildman–Crippen LogP) is 4.68. The fourth-order valence-electron chi connectivity index (χ4n) is 2.08. The molecule has 0 atom stereocenters.